The fourth-order valence-electron chi connectivity index (χ4n) is 4.31. The number of hydrogen-bond acceptors (Lipinski definition) is 7. The van der Waals surface area contributed by atoms with Gasteiger partial charge in [-0.25, -0.2) is 0 Å². The van der Waals surface area contributed by atoms with Gasteiger partial charge in [-0.15, -0.1) is 0 Å². The summed E-state index contributed by atoms with van der Waals surface area (Å²) in [6.07, 6.45) is 19.0. The zero-order valence-corrected chi connectivity index (χ0v) is 26.0. The molecule has 0 aromatic carbocycles. The zero-order chi connectivity index (χ0) is 28.5. The van der Waals surface area contributed by atoms with Crippen LogP contribution < -0.4 is 4.89 Å². The first-order valence-electron chi connectivity index (χ1n) is 15.3. The number of likely N-dealkylation sites (N-methyl/N-ethyl adjacent to an activating group) is 1. The molecule has 0 aromatic heterocycles. The Hall–Kier alpha value is -0.340. The van der Waals surface area contributed by atoms with Gasteiger partial charge in [-0.2, -0.15) is 0 Å². The topological polar surface area (TPSA) is 105 Å². The molecule has 0 amide bonds. The normalized spacial score (nSPS) is 15.3. The maximum absolute atomic E-state index is 12.5. The lowest BCUT2D eigenvalue weighted by atomic mass is 10.0. The van der Waals surface area contributed by atoms with Gasteiger partial charge in [0.1, 0.15) is 25.5 Å². The highest BCUT2D eigenvalue weighted by Crippen LogP contribution is 2.41. The summed E-state index contributed by atoms with van der Waals surface area (Å²) >= 11 is 0. The van der Waals surface area contributed by atoms with E-state index in [2.05, 4.69) is 6.92 Å². The highest BCUT2D eigenvalue weighted by Gasteiger charge is 2.27. The Labute approximate surface area is 234 Å². The molecule has 0 fully saturated rings. The molecule has 0 aliphatic carbocycles. The van der Waals surface area contributed by atoms with Gasteiger partial charge in [0.15, 0.2) is 0 Å². The number of aldehydes is 1. The van der Waals surface area contributed by atoms with Crippen LogP contribution in [-0.4, -0.2) is 75.6 Å². The zero-order valence-electron chi connectivity index (χ0n) is 25.1. The number of phosphoric ester groups is 1. The smallest absolute Gasteiger partial charge is 0.268 e. The molecule has 0 aliphatic rings. The number of phosphoric acid groups is 1. The highest BCUT2D eigenvalue weighted by atomic mass is 31.2. The Balaban J connectivity index is 4.40. The minimum atomic E-state index is -4.54. The summed E-state index contributed by atoms with van der Waals surface area (Å²) in [6.45, 7) is 2.81. The summed E-state index contributed by atoms with van der Waals surface area (Å²) in [5.74, 6) is 0. The second-order valence-electron chi connectivity index (χ2n) is 11.6. The van der Waals surface area contributed by atoms with Gasteiger partial charge in [0.2, 0.25) is 0 Å². The Bertz CT molecular complexity index is 586. The second-order valence-corrected chi connectivity index (χ2v) is 12.9. The summed E-state index contributed by atoms with van der Waals surface area (Å²) in [4.78, 5) is 23.0. The first kappa shape index (κ1) is 37.7. The average molecular weight is 566 g/mol. The van der Waals surface area contributed by atoms with Crippen LogP contribution in [0.5, 0.6) is 0 Å². The van der Waals surface area contributed by atoms with Crippen molar-refractivity contribution >= 4 is 14.1 Å². The van der Waals surface area contributed by atoms with Crippen molar-refractivity contribution in [3.8, 4) is 0 Å². The van der Waals surface area contributed by atoms with Crippen molar-refractivity contribution in [2.75, 3.05) is 47.5 Å². The number of ether oxygens (including phenoxy) is 1. The number of unbranched alkanes of at least 4 members (excludes halogenated alkanes) is 15. The molecule has 0 aliphatic heterocycles. The van der Waals surface area contributed by atoms with Crippen molar-refractivity contribution in [1.82, 2.24) is 0 Å². The van der Waals surface area contributed by atoms with Crippen LogP contribution in [0.15, 0.2) is 0 Å². The monoisotopic (exact) mass is 565 g/mol. The summed E-state index contributed by atoms with van der Waals surface area (Å²) in [6, 6.07) is 0. The van der Waals surface area contributed by atoms with Crippen LogP contribution in [0.1, 0.15) is 122 Å². The maximum atomic E-state index is 12.5. The molecule has 0 saturated carbocycles. The van der Waals surface area contributed by atoms with Gasteiger partial charge in [0.25, 0.3) is 7.82 Å². The van der Waals surface area contributed by atoms with Gasteiger partial charge < -0.3 is 33.1 Å². The van der Waals surface area contributed by atoms with Gasteiger partial charge in [0, 0.05) is 13.0 Å². The van der Waals surface area contributed by atoms with Crippen molar-refractivity contribution in [2.24, 2.45) is 0 Å². The second kappa shape index (κ2) is 24.5. The van der Waals surface area contributed by atoms with E-state index in [1.807, 2.05) is 21.1 Å². The number of rotatable bonds is 29. The van der Waals surface area contributed by atoms with Crippen LogP contribution in [0.2, 0.25) is 0 Å². The largest absolute Gasteiger partial charge is 0.756 e. The molecule has 0 rings (SSSR count). The van der Waals surface area contributed by atoms with Crippen molar-refractivity contribution in [2.45, 2.75) is 135 Å². The van der Waals surface area contributed by atoms with E-state index in [4.69, 9.17) is 13.8 Å². The number of nitrogens with zero attached hydrogens (tertiary/aromatic N) is 1. The van der Waals surface area contributed by atoms with Gasteiger partial charge in [-0.3, -0.25) is 4.57 Å². The van der Waals surface area contributed by atoms with Crippen LogP contribution in [0, 0.1) is 0 Å². The maximum Gasteiger partial charge on any atom is 0.268 e. The van der Waals surface area contributed by atoms with Crippen LogP contribution in [-0.2, 0) is 23.1 Å². The predicted molar refractivity (Wildman–Crippen MR) is 153 cm³/mol. The van der Waals surface area contributed by atoms with E-state index in [9.17, 15) is 19.4 Å². The summed E-state index contributed by atoms with van der Waals surface area (Å²) in [5.41, 5.74) is 0. The first-order valence-corrected chi connectivity index (χ1v) is 16.7. The Kier molecular flexibility index (Phi) is 24.2. The molecule has 0 aromatic rings. The molecule has 0 heterocycles. The summed E-state index contributed by atoms with van der Waals surface area (Å²) < 4.78 is 29.4. The molecule has 9 heteroatoms. The number of aliphatic hydroxyl groups excluding tert-OH is 1. The molecule has 8 nitrogen and oxygen atoms in total. The van der Waals surface area contributed by atoms with Gasteiger partial charge in [-0.05, 0) is 19.3 Å². The molecule has 0 radical (unpaired) electrons. The van der Waals surface area contributed by atoms with E-state index in [0.29, 0.717) is 43.3 Å². The van der Waals surface area contributed by atoms with E-state index < -0.39 is 20.0 Å². The summed E-state index contributed by atoms with van der Waals surface area (Å²) in [5, 5.41) is 9.90. The molecular formula is C29H60NO7P. The van der Waals surface area contributed by atoms with Crippen LogP contribution in [0.25, 0.3) is 0 Å². The van der Waals surface area contributed by atoms with Gasteiger partial charge in [0.05, 0.1) is 33.9 Å². The Morgan fingerprint density at radius 3 is 1.79 bits per heavy atom. The lowest BCUT2D eigenvalue weighted by Gasteiger charge is -2.33. The molecule has 0 bridgehead atoms. The SMILES string of the molecule is CCCCCCCCCCCCCCCCC(OP(=O)([O-])OCC[N+](C)(C)C)[C@H](CO)OCCCCC=O. The van der Waals surface area contributed by atoms with Gasteiger partial charge >= 0.3 is 0 Å². The minimum absolute atomic E-state index is 0.0339. The third-order valence-electron chi connectivity index (χ3n) is 6.76. The molecular weight excluding hydrogens is 505 g/mol. The third kappa shape index (κ3) is 24.7. The fourth-order valence-corrected chi connectivity index (χ4v) is 5.25. The highest BCUT2D eigenvalue weighted by molar-refractivity contribution is 7.45. The van der Waals surface area contributed by atoms with Crippen LogP contribution in [0.3, 0.4) is 0 Å². The molecule has 38 heavy (non-hydrogen) atoms. The number of carbonyl (C=O) groups excluding carboxylic acids is 1. The van der Waals surface area contributed by atoms with Crippen molar-refractivity contribution < 1.29 is 37.6 Å². The quantitative estimate of drug-likeness (QED) is 0.0500. The van der Waals surface area contributed by atoms with E-state index in [1.54, 1.807) is 0 Å². The number of carbonyl (C=O) groups is 1. The van der Waals surface area contributed by atoms with Crippen LogP contribution in [0.4, 0.5) is 0 Å². The molecule has 3 atom stereocenters. The average Bonchev–Trinajstić information content (AvgIpc) is 2.85. The van der Waals surface area contributed by atoms with E-state index >= 15 is 0 Å². The van der Waals surface area contributed by atoms with Crippen molar-refractivity contribution in [3.05, 3.63) is 0 Å². The molecule has 2 unspecified atom stereocenters. The van der Waals surface area contributed by atoms with Crippen molar-refractivity contribution in [3.63, 3.8) is 0 Å². The standard InChI is InChI=1S/C29H60NO7P/c1-5-6-7-8-9-10-11-12-13-14-15-16-17-19-22-28(29(27-32)35-25-21-18-20-24-31)37-38(33,34)36-26-23-30(2,3)4/h24,28-29,32H,5-23,25-27H2,1-4H3/t28?,29-/m0/s1. The summed E-state index contributed by atoms with van der Waals surface area (Å²) in [7, 11) is 1.33. The van der Waals surface area contributed by atoms with Crippen LogP contribution >= 0.6 is 7.82 Å². The van der Waals surface area contributed by atoms with E-state index in [1.165, 1.54) is 70.6 Å². The predicted octanol–water partition coefficient (Wildman–Crippen LogP) is 6.18. The third-order valence-corrected chi connectivity index (χ3v) is 7.79. The first-order chi connectivity index (χ1) is 18.1. The molecule has 0 saturated heterocycles. The lowest BCUT2D eigenvalue weighted by Crippen LogP contribution is -2.38. The number of hydrogen-bond donors (Lipinski definition) is 1. The Morgan fingerprint density at radius 2 is 1.32 bits per heavy atom. The number of quaternary nitrogens is 1. The van der Waals surface area contributed by atoms with E-state index in [-0.39, 0.29) is 13.2 Å². The fraction of sp³-hybridized carbons (Fsp3) is 0.966. The molecule has 0 spiro atoms. The molecule has 228 valence electrons. The number of aliphatic hydroxyl groups is 1. The lowest BCUT2D eigenvalue weighted by molar-refractivity contribution is -0.870. The minimum Gasteiger partial charge on any atom is -0.756 e. The molecule has 1 N–H and O–H groups in total. The Morgan fingerprint density at radius 1 is 0.789 bits per heavy atom. The van der Waals surface area contributed by atoms with E-state index in [0.717, 1.165) is 25.5 Å². The van der Waals surface area contributed by atoms with Crippen molar-refractivity contribution in [1.29, 1.82) is 0 Å². The van der Waals surface area contributed by atoms with Gasteiger partial charge in [-0.1, -0.05) is 96.8 Å².